The van der Waals surface area contributed by atoms with E-state index in [0.717, 1.165) is 5.56 Å². The summed E-state index contributed by atoms with van der Waals surface area (Å²) >= 11 is 5.94. The lowest BCUT2D eigenvalue weighted by Crippen LogP contribution is -2.37. The van der Waals surface area contributed by atoms with Gasteiger partial charge in [-0.1, -0.05) is 29.8 Å². The largest absolute Gasteiger partial charge is 0.508 e. The molecule has 0 radical (unpaired) electrons. The van der Waals surface area contributed by atoms with E-state index in [1.807, 2.05) is 6.92 Å². The van der Waals surface area contributed by atoms with Crippen molar-refractivity contribution >= 4 is 28.7 Å². The van der Waals surface area contributed by atoms with Crippen LogP contribution in [0.4, 0.5) is 17.1 Å². The molecule has 1 atom stereocenters. The van der Waals surface area contributed by atoms with Crippen LogP contribution >= 0.6 is 11.6 Å². The highest BCUT2D eigenvalue weighted by molar-refractivity contribution is 6.29. The summed E-state index contributed by atoms with van der Waals surface area (Å²) in [4.78, 5) is 28.5. The van der Waals surface area contributed by atoms with Crippen LogP contribution in [0.1, 0.15) is 18.5 Å². The number of anilines is 3. The summed E-state index contributed by atoms with van der Waals surface area (Å²) in [7, 11) is 0. The average molecular weight is 436 g/mol. The topological polar surface area (TPSA) is 112 Å². The molecule has 0 aliphatic rings. The standard InChI is InChI=1S/C23H18ClN3O4/c1-12(13-4-2-5-15(28)10-13)25-20-21(23(31)22(20)30)26-14-8-9-18(29)16(11-14)17-6-3-7-19(24)27-17/h2-12,25-26,28-29H,1H3/t12-/m1/s1. The molecule has 8 heteroatoms. The fraction of sp³-hybridized carbons (Fsp3) is 0.0870. The minimum absolute atomic E-state index is 0.00108. The molecule has 1 heterocycles. The number of hydrogen-bond acceptors (Lipinski definition) is 7. The second-order valence-electron chi connectivity index (χ2n) is 7.07. The molecule has 0 saturated carbocycles. The Bertz CT molecular complexity index is 1350. The van der Waals surface area contributed by atoms with Gasteiger partial charge in [0.1, 0.15) is 28.0 Å². The lowest BCUT2D eigenvalue weighted by atomic mass is 10.1. The fourth-order valence-electron chi connectivity index (χ4n) is 3.26. The summed E-state index contributed by atoms with van der Waals surface area (Å²) in [6.07, 6.45) is 0. The lowest BCUT2D eigenvalue weighted by Gasteiger charge is -2.20. The van der Waals surface area contributed by atoms with Gasteiger partial charge in [0.25, 0.3) is 10.9 Å². The number of aromatic hydroxyl groups is 2. The van der Waals surface area contributed by atoms with Crippen molar-refractivity contribution in [3.05, 3.63) is 91.8 Å². The monoisotopic (exact) mass is 435 g/mol. The maximum Gasteiger partial charge on any atom is 0.253 e. The van der Waals surface area contributed by atoms with Crippen molar-refractivity contribution in [1.29, 1.82) is 0 Å². The highest BCUT2D eigenvalue weighted by atomic mass is 35.5. The van der Waals surface area contributed by atoms with Crippen LogP contribution in [0.15, 0.2) is 70.3 Å². The van der Waals surface area contributed by atoms with Gasteiger partial charge in [-0.05, 0) is 55.0 Å². The molecule has 0 fully saturated rings. The Kier molecular flexibility index (Phi) is 5.35. The number of phenolic OH excluding ortho intramolecular Hbond substituents is 2. The third-order valence-electron chi connectivity index (χ3n) is 4.90. The molecule has 31 heavy (non-hydrogen) atoms. The molecule has 0 aliphatic carbocycles. The summed E-state index contributed by atoms with van der Waals surface area (Å²) in [5.41, 5.74) is 1.19. The van der Waals surface area contributed by atoms with Crippen molar-refractivity contribution < 1.29 is 10.2 Å². The summed E-state index contributed by atoms with van der Waals surface area (Å²) in [6, 6.07) is 16.0. The van der Waals surface area contributed by atoms with E-state index in [2.05, 4.69) is 15.6 Å². The molecule has 7 nitrogen and oxygen atoms in total. The van der Waals surface area contributed by atoms with Gasteiger partial charge >= 0.3 is 0 Å². The normalized spacial score (nSPS) is 11.9. The first-order chi connectivity index (χ1) is 14.8. The number of nitrogens with one attached hydrogen (secondary N) is 2. The number of aromatic nitrogens is 1. The first-order valence-corrected chi connectivity index (χ1v) is 9.83. The van der Waals surface area contributed by atoms with Crippen LogP contribution in [0.25, 0.3) is 11.3 Å². The maximum absolute atomic E-state index is 12.2. The molecular weight excluding hydrogens is 418 g/mol. The summed E-state index contributed by atoms with van der Waals surface area (Å²) < 4.78 is 0. The highest BCUT2D eigenvalue weighted by Gasteiger charge is 2.23. The molecule has 3 aromatic carbocycles. The highest BCUT2D eigenvalue weighted by Crippen LogP contribution is 2.33. The Balaban J connectivity index is 1.61. The van der Waals surface area contributed by atoms with E-state index < -0.39 is 10.9 Å². The van der Waals surface area contributed by atoms with Gasteiger partial charge in [0.05, 0.1) is 5.69 Å². The van der Waals surface area contributed by atoms with Gasteiger partial charge in [-0.3, -0.25) is 9.59 Å². The van der Waals surface area contributed by atoms with Crippen molar-refractivity contribution in [3.8, 4) is 22.8 Å². The number of hydrogen-bond donors (Lipinski definition) is 4. The van der Waals surface area contributed by atoms with Gasteiger partial charge in [-0.15, -0.1) is 0 Å². The number of rotatable bonds is 6. The number of nitrogens with zero attached hydrogens (tertiary/aromatic N) is 1. The van der Waals surface area contributed by atoms with Gasteiger partial charge in [-0.2, -0.15) is 0 Å². The van der Waals surface area contributed by atoms with Crippen molar-refractivity contribution in [1.82, 2.24) is 4.98 Å². The van der Waals surface area contributed by atoms with Crippen LogP contribution in [0.3, 0.4) is 0 Å². The third kappa shape index (κ3) is 4.08. The van der Waals surface area contributed by atoms with E-state index in [0.29, 0.717) is 16.9 Å². The molecular formula is C23H18ClN3O4. The zero-order valence-corrected chi connectivity index (χ0v) is 17.1. The first-order valence-electron chi connectivity index (χ1n) is 9.45. The number of halogens is 1. The Morgan fingerprint density at radius 3 is 2.42 bits per heavy atom. The molecule has 0 saturated heterocycles. The predicted octanol–water partition coefficient (Wildman–Crippen LogP) is 4.33. The Hall–Kier alpha value is -3.84. The molecule has 156 valence electrons. The molecule has 4 N–H and O–H groups in total. The maximum atomic E-state index is 12.2. The lowest BCUT2D eigenvalue weighted by molar-refractivity contribution is 0.474. The van der Waals surface area contributed by atoms with Gasteiger partial charge in [-0.25, -0.2) is 4.98 Å². The molecule has 0 aliphatic heterocycles. The Labute approximate surface area is 182 Å². The van der Waals surface area contributed by atoms with E-state index in [1.165, 1.54) is 6.07 Å². The van der Waals surface area contributed by atoms with Crippen LogP contribution < -0.4 is 21.5 Å². The summed E-state index contributed by atoms with van der Waals surface area (Å²) in [6.45, 7) is 1.82. The zero-order valence-electron chi connectivity index (χ0n) is 16.4. The van der Waals surface area contributed by atoms with E-state index in [-0.39, 0.29) is 34.1 Å². The van der Waals surface area contributed by atoms with Gasteiger partial charge < -0.3 is 20.8 Å². The summed E-state index contributed by atoms with van der Waals surface area (Å²) in [5, 5.41) is 26.2. The van der Waals surface area contributed by atoms with Crippen LogP contribution in [0, 0.1) is 0 Å². The van der Waals surface area contributed by atoms with Crippen LogP contribution in [0.2, 0.25) is 5.15 Å². The van der Waals surface area contributed by atoms with E-state index >= 15 is 0 Å². The third-order valence-corrected chi connectivity index (χ3v) is 5.11. The van der Waals surface area contributed by atoms with Crippen molar-refractivity contribution in [2.75, 3.05) is 10.6 Å². The van der Waals surface area contributed by atoms with E-state index in [4.69, 9.17) is 11.6 Å². The van der Waals surface area contributed by atoms with Crippen molar-refractivity contribution in [2.24, 2.45) is 0 Å². The molecule has 1 aromatic heterocycles. The van der Waals surface area contributed by atoms with Crippen LogP contribution in [-0.2, 0) is 0 Å². The van der Waals surface area contributed by atoms with E-state index in [1.54, 1.807) is 54.6 Å². The van der Waals surface area contributed by atoms with Crippen LogP contribution in [0.5, 0.6) is 11.5 Å². The Morgan fingerprint density at radius 1 is 0.935 bits per heavy atom. The molecule has 0 amide bonds. The quantitative estimate of drug-likeness (QED) is 0.202. The van der Waals surface area contributed by atoms with Crippen LogP contribution in [-0.4, -0.2) is 15.2 Å². The molecule has 0 bridgehead atoms. The van der Waals surface area contributed by atoms with E-state index in [9.17, 15) is 19.8 Å². The minimum Gasteiger partial charge on any atom is -0.508 e. The second-order valence-corrected chi connectivity index (χ2v) is 7.46. The van der Waals surface area contributed by atoms with Gasteiger partial charge in [0, 0.05) is 17.3 Å². The molecule has 4 rings (SSSR count). The van der Waals surface area contributed by atoms with Gasteiger partial charge in [0.15, 0.2) is 0 Å². The number of pyridine rings is 1. The number of benzene rings is 2. The SMILES string of the molecule is C[C@@H](Nc1c(Nc2ccc(O)c(-c3cccc(Cl)n3)c2)c(=O)c1=O)c1cccc(O)c1. The summed E-state index contributed by atoms with van der Waals surface area (Å²) in [5.74, 6) is 0.113. The van der Waals surface area contributed by atoms with Crippen molar-refractivity contribution in [2.45, 2.75) is 13.0 Å². The fourth-order valence-corrected chi connectivity index (χ4v) is 3.43. The smallest absolute Gasteiger partial charge is 0.253 e. The predicted molar refractivity (Wildman–Crippen MR) is 121 cm³/mol. The van der Waals surface area contributed by atoms with Gasteiger partial charge in [0.2, 0.25) is 0 Å². The second kappa shape index (κ2) is 8.12. The first kappa shape index (κ1) is 20.4. The zero-order chi connectivity index (χ0) is 22.1. The Morgan fingerprint density at radius 2 is 1.68 bits per heavy atom. The molecule has 0 unspecified atom stereocenters. The molecule has 4 aromatic rings. The molecule has 0 spiro atoms. The number of phenols is 2. The minimum atomic E-state index is -0.638. The average Bonchev–Trinajstić information content (AvgIpc) is 2.76. The van der Waals surface area contributed by atoms with Crippen molar-refractivity contribution in [3.63, 3.8) is 0 Å².